The number of rotatable bonds is 4. The number of nitrogens with one attached hydrogen (secondary N) is 1. The summed E-state index contributed by atoms with van der Waals surface area (Å²) in [6.45, 7) is 11.8. The van der Waals surface area contributed by atoms with Crippen LogP contribution in [0.25, 0.3) is 0 Å². The van der Waals surface area contributed by atoms with E-state index in [2.05, 4.69) is 40.2 Å². The van der Waals surface area contributed by atoms with Gasteiger partial charge in [0.25, 0.3) is 0 Å². The van der Waals surface area contributed by atoms with Crippen molar-refractivity contribution < 1.29 is 9.59 Å². The number of piperazine rings is 1. The molecule has 2 aliphatic heterocycles. The van der Waals surface area contributed by atoms with Crippen LogP contribution in [-0.2, 0) is 16.0 Å². The maximum atomic E-state index is 12.8. The van der Waals surface area contributed by atoms with Gasteiger partial charge in [0, 0.05) is 43.4 Å². The van der Waals surface area contributed by atoms with E-state index in [4.69, 9.17) is 0 Å². The van der Waals surface area contributed by atoms with E-state index >= 15 is 0 Å². The highest BCUT2D eigenvalue weighted by Crippen LogP contribution is 2.31. The third kappa shape index (κ3) is 5.01. The highest BCUT2D eigenvalue weighted by molar-refractivity contribution is 5.83. The fourth-order valence-corrected chi connectivity index (χ4v) is 3.93. The average Bonchev–Trinajstić information content (AvgIpc) is 2.89. The lowest BCUT2D eigenvalue weighted by molar-refractivity contribution is -0.132. The van der Waals surface area contributed by atoms with Crippen molar-refractivity contribution >= 4 is 17.5 Å². The first-order valence-corrected chi connectivity index (χ1v) is 9.88. The van der Waals surface area contributed by atoms with Gasteiger partial charge in [0.1, 0.15) is 0 Å². The summed E-state index contributed by atoms with van der Waals surface area (Å²) in [5.74, 6) is 0.224. The van der Waals surface area contributed by atoms with Crippen LogP contribution in [-0.4, -0.2) is 72.5 Å². The minimum atomic E-state index is -0.211. The van der Waals surface area contributed by atoms with E-state index in [-0.39, 0.29) is 17.4 Å². The van der Waals surface area contributed by atoms with E-state index in [1.807, 2.05) is 31.7 Å². The van der Waals surface area contributed by atoms with Gasteiger partial charge in [0.15, 0.2) is 0 Å². The van der Waals surface area contributed by atoms with Crippen LogP contribution in [0.1, 0.15) is 33.3 Å². The van der Waals surface area contributed by atoms with E-state index in [0.29, 0.717) is 32.2 Å². The molecule has 1 atom stereocenters. The zero-order valence-electron chi connectivity index (χ0n) is 17.0. The standard InChI is InChI=1S/C21H32N4O2/c1-16-13-17-7-5-6-8-18(17)25(16)15-20(27)24-11-9-23(10-12-24)14-19(26)22-21(2,3)4/h5-8,16H,9-15H2,1-4H3,(H,22,26)/t16-/m1/s1. The topological polar surface area (TPSA) is 55.9 Å². The number of nitrogens with zero attached hydrogens (tertiary/aromatic N) is 3. The average molecular weight is 373 g/mol. The third-order valence-electron chi connectivity index (χ3n) is 5.26. The van der Waals surface area contributed by atoms with Crippen molar-refractivity contribution in [2.45, 2.75) is 45.7 Å². The summed E-state index contributed by atoms with van der Waals surface area (Å²) in [5, 5.41) is 3.00. The van der Waals surface area contributed by atoms with Crippen molar-refractivity contribution in [1.82, 2.24) is 15.1 Å². The maximum absolute atomic E-state index is 12.8. The summed E-state index contributed by atoms with van der Waals surface area (Å²) in [5.41, 5.74) is 2.31. The van der Waals surface area contributed by atoms with Gasteiger partial charge in [-0.1, -0.05) is 18.2 Å². The Morgan fingerprint density at radius 1 is 1.07 bits per heavy atom. The number of hydrogen-bond donors (Lipinski definition) is 1. The second-order valence-electron chi connectivity index (χ2n) is 8.76. The number of carbonyl (C=O) groups excluding carboxylic acids is 2. The summed E-state index contributed by atoms with van der Waals surface area (Å²) in [7, 11) is 0. The van der Waals surface area contributed by atoms with Crippen molar-refractivity contribution in [2.75, 3.05) is 44.2 Å². The van der Waals surface area contributed by atoms with Crippen LogP contribution in [0.5, 0.6) is 0 Å². The second kappa shape index (κ2) is 7.89. The number of benzene rings is 1. The Morgan fingerprint density at radius 3 is 2.41 bits per heavy atom. The summed E-state index contributed by atoms with van der Waals surface area (Å²) in [6, 6.07) is 8.71. The SMILES string of the molecule is C[C@@H]1Cc2ccccc2N1CC(=O)N1CCN(CC(=O)NC(C)(C)C)CC1. The van der Waals surface area contributed by atoms with Gasteiger partial charge >= 0.3 is 0 Å². The molecule has 0 radical (unpaired) electrons. The highest BCUT2D eigenvalue weighted by Gasteiger charge is 2.30. The Morgan fingerprint density at radius 2 is 1.74 bits per heavy atom. The molecule has 0 bridgehead atoms. The number of hydrogen-bond acceptors (Lipinski definition) is 4. The number of anilines is 1. The van der Waals surface area contributed by atoms with Gasteiger partial charge in [-0.2, -0.15) is 0 Å². The zero-order valence-corrected chi connectivity index (χ0v) is 17.0. The third-order valence-corrected chi connectivity index (χ3v) is 5.26. The quantitative estimate of drug-likeness (QED) is 0.870. The second-order valence-corrected chi connectivity index (χ2v) is 8.76. The number of para-hydroxylation sites is 1. The molecule has 2 aliphatic rings. The van der Waals surface area contributed by atoms with Gasteiger partial charge in [0.05, 0.1) is 13.1 Å². The van der Waals surface area contributed by atoms with Gasteiger partial charge in [-0.3, -0.25) is 14.5 Å². The number of carbonyl (C=O) groups is 2. The highest BCUT2D eigenvalue weighted by atomic mass is 16.2. The van der Waals surface area contributed by atoms with Crippen LogP contribution in [0.15, 0.2) is 24.3 Å². The first-order valence-electron chi connectivity index (χ1n) is 9.88. The lowest BCUT2D eigenvalue weighted by atomic mass is 10.1. The van der Waals surface area contributed by atoms with Crippen LogP contribution in [0.2, 0.25) is 0 Å². The Balaban J connectivity index is 1.49. The molecule has 2 heterocycles. The zero-order chi connectivity index (χ0) is 19.6. The molecule has 0 saturated carbocycles. The Kier molecular flexibility index (Phi) is 5.75. The summed E-state index contributed by atoms with van der Waals surface area (Å²) < 4.78 is 0. The van der Waals surface area contributed by atoms with E-state index < -0.39 is 0 Å². The van der Waals surface area contributed by atoms with Gasteiger partial charge in [-0.25, -0.2) is 0 Å². The Hall–Kier alpha value is -2.08. The van der Waals surface area contributed by atoms with Gasteiger partial charge in [-0.05, 0) is 45.7 Å². The molecule has 1 aromatic carbocycles. The van der Waals surface area contributed by atoms with Gasteiger partial charge < -0.3 is 15.1 Å². The molecule has 0 unspecified atom stereocenters. The largest absolute Gasteiger partial charge is 0.359 e. The molecule has 0 aromatic heterocycles. The predicted octanol–water partition coefficient (Wildman–Crippen LogP) is 1.50. The number of amides is 2. The van der Waals surface area contributed by atoms with Gasteiger partial charge in [-0.15, -0.1) is 0 Å². The summed E-state index contributed by atoms with van der Waals surface area (Å²) in [6.07, 6.45) is 1.00. The molecule has 0 spiro atoms. The molecule has 6 heteroatoms. The molecule has 148 valence electrons. The lowest BCUT2D eigenvalue weighted by Crippen LogP contribution is -2.54. The molecular weight excluding hydrogens is 340 g/mol. The fourth-order valence-electron chi connectivity index (χ4n) is 3.93. The van der Waals surface area contributed by atoms with Crippen molar-refractivity contribution in [3.05, 3.63) is 29.8 Å². The molecule has 2 amide bonds. The van der Waals surface area contributed by atoms with Gasteiger partial charge in [0.2, 0.25) is 11.8 Å². The van der Waals surface area contributed by atoms with Crippen molar-refractivity contribution in [3.8, 4) is 0 Å². The minimum Gasteiger partial charge on any atom is -0.359 e. The van der Waals surface area contributed by atoms with Crippen molar-refractivity contribution in [2.24, 2.45) is 0 Å². The van der Waals surface area contributed by atoms with Crippen LogP contribution in [0.4, 0.5) is 5.69 Å². The first kappa shape index (κ1) is 19.7. The van der Waals surface area contributed by atoms with E-state index in [1.165, 1.54) is 11.3 Å². The molecule has 6 nitrogen and oxygen atoms in total. The van der Waals surface area contributed by atoms with E-state index in [9.17, 15) is 9.59 Å². The fraction of sp³-hybridized carbons (Fsp3) is 0.619. The van der Waals surface area contributed by atoms with Crippen LogP contribution in [0.3, 0.4) is 0 Å². The molecule has 1 saturated heterocycles. The van der Waals surface area contributed by atoms with E-state index in [0.717, 1.165) is 19.5 Å². The summed E-state index contributed by atoms with van der Waals surface area (Å²) in [4.78, 5) is 31.2. The maximum Gasteiger partial charge on any atom is 0.242 e. The normalized spacial score (nSPS) is 20.5. The lowest BCUT2D eigenvalue weighted by Gasteiger charge is -2.36. The molecule has 1 fully saturated rings. The molecule has 0 aliphatic carbocycles. The van der Waals surface area contributed by atoms with Crippen LogP contribution >= 0.6 is 0 Å². The predicted molar refractivity (Wildman–Crippen MR) is 108 cm³/mol. The van der Waals surface area contributed by atoms with Crippen LogP contribution in [0, 0.1) is 0 Å². The van der Waals surface area contributed by atoms with E-state index in [1.54, 1.807) is 0 Å². The Bertz CT molecular complexity index is 690. The molecular formula is C21H32N4O2. The smallest absolute Gasteiger partial charge is 0.242 e. The Labute approximate surface area is 162 Å². The minimum absolute atomic E-state index is 0.0461. The van der Waals surface area contributed by atoms with Crippen molar-refractivity contribution in [3.63, 3.8) is 0 Å². The molecule has 1 N–H and O–H groups in total. The molecule has 3 rings (SSSR count). The molecule has 1 aromatic rings. The first-order chi connectivity index (χ1) is 12.7. The van der Waals surface area contributed by atoms with Crippen LogP contribution < -0.4 is 10.2 Å². The number of fused-ring (bicyclic) bond motifs is 1. The summed E-state index contributed by atoms with van der Waals surface area (Å²) >= 11 is 0. The monoisotopic (exact) mass is 372 g/mol. The van der Waals surface area contributed by atoms with Crippen molar-refractivity contribution in [1.29, 1.82) is 0 Å². The molecule has 27 heavy (non-hydrogen) atoms.